The molecule has 0 radical (unpaired) electrons. The van der Waals surface area contributed by atoms with Crippen LogP contribution in [0.25, 0.3) is 0 Å². The van der Waals surface area contributed by atoms with Gasteiger partial charge in [0.05, 0.1) is 12.6 Å². The lowest BCUT2D eigenvalue weighted by Crippen LogP contribution is -2.25. The fraction of sp³-hybridized carbons (Fsp3) is 0.455. The van der Waals surface area contributed by atoms with Gasteiger partial charge >= 0.3 is 0 Å². The minimum absolute atomic E-state index is 0.0366. The highest BCUT2D eigenvalue weighted by Gasteiger charge is 2.06. The van der Waals surface area contributed by atoms with E-state index < -0.39 is 0 Å². The van der Waals surface area contributed by atoms with E-state index in [2.05, 4.69) is 5.32 Å². The van der Waals surface area contributed by atoms with Crippen LogP contribution in [0.5, 0.6) is 0 Å². The Morgan fingerprint density at radius 1 is 1.29 bits per heavy atom. The molecule has 0 aliphatic heterocycles. The van der Waals surface area contributed by atoms with Gasteiger partial charge in [0, 0.05) is 12.3 Å². The summed E-state index contributed by atoms with van der Waals surface area (Å²) in [6.07, 6.45) is 0.560. The van der Waals surface area contributed by atoms with Crippen LogP contribution in [-0.2, 0) is 0 Å². The van der Waals surface area contributed by atoms with Crippen LogP contribution in [-0.4, -0.2) is 29.5 Å². The summed E-state index contributed by atoms with van der Waals surface area (Å²) in [4.78, 5) is 0. The highest BCUT2D eigenvalue weighted by Crippen LogP contribution is 2.14. The molecule has 1 rings (SSSR count). The summed E-state index contributed by atoms with van der Waals surface area (Å²) < 4.78 is 0. The third kappa shape index (κ3) is 3.01. The number of aliphatic hydroxyl groups excluding tert-OH is 2. The zero-order valence-corrected chi connectivity index (χ0v) is 8.40. The summed E-state index contributed by atoms with van der Waals surface area (Å²) in [5.74, 6) is 0. The molecule has 0 heterocycles. The highest BCUT2D eigenvalue weighted by molar-refractivity contribution is 5.50. The lowest BCUT2D eigenvalue weighted by Gasteiger charge is -2.17. The van der Waals surface area contributed by atoms with E-state index in [1.807, 2.05) is 31.2 Å². The maximum Gasteiger partial charge on any atom is 0.0633 e. The summed E-state index contributed by atoms with van der Waals surface area (Å²) in [7, 11) is 0. The molecule has 0 aliphatic carbocycles. The summed E-state index contributed by atoms with van der Waals surface area (Å²) in [6.45, 7) is 2.13. The molecule has 0 saturated heterocycles. The van der Waals surface area contributed by atoms with Gasteiger partial charge in [-0.05, 0) is 25.0 Å². The first kappa shape index (κ1) is 11.0. The van der Waals surface area contributed by atoms with Crippen molar-refractivity contribution in [3.8, 4) is 0 Å². The second kappa shape index (κ2) is 5.62. The van der Waals surface area contributed by atoms with Crippen molar-refractivity contribution in [3.05, 3.63) is 29.8 Å². The lowest BCUT2D eigenvalue weighted by molar-refractivity contribution is 0.229. The first-order chi connectivity index (χ1) is 6.77. The third-order valence-electron chi connectivity index (χ3n) is 2.20. The molecule has 78 valence electrons. The van der Waals surface area contributed by atoms with Gasteiger partial charge in [0.25, 0.3) is 0 Å². The monoisotopic (exact) mass is 195 g/mol. The quantitative estimate of drug-likeness (QED) is 0.660. The van der Waals surface area contributed by atoms with Crippen molar-refractivity contribution in [3.63, 3.8) is 0 Å². The van der Waals surface area contributed by atoms with Gasteiger partial charge < -0.3 is 15.5 Å². The smallest absolute Gasteiger partial charge is 0.0633 e. The van der Waals surface area contributed by atoms with Crippen LogP contribution in [0.15, 0.2) is 24.3 Å². The van der Waals surface area contributed by atoms with Crippen molar-refractivity contribution >= 4 is 5.69 Å². The van der Waals surface area contributed by atoms with Gasteiger partial charge in [-0.25, -0.2) is 0 Å². The molecule has 1 aromatic rings. The van der Waals surface area contributed by atoms with Crippen LogP contribution < -0.4 is 5.32 Å². The van der Waals surface area contributed by atoms with E-state index in [9.17, 15) is 0 Å². The fourth-order valence-corrected chi connectivity index (χ4v) is 1.32. The average Bonchev–Trinajstić information content (AvgIpc) is 2.20. The molecule has 0 fully saturated rings. The topological polar surface area (TPSA) is 52.5 Å². The van der Waals surface area contributed by atoms with Gasteiger partial charge in [0.15, 0.2) is 0 Å². The fourth-order valence-electron chi connectivity index (χ4n) is 1.32. The largest absolute Gasteiger partial charge is 0.396 e. The van der Waals surface area contributed by atoms with Crippen LogP contribution in [0.4, 0.5) is 5.69 Å². The maximum atomic E-state index is 9.04. The van der Waals surface area contributed by atoms with Gasteiger partial charge in [0.1, 0.15) is 0 Å². The van der Waals surface area contributed by atoms with E-state index in [0.717, 1.165) is 11.3 Å². The minimum atomic E-state index is -0.0684. The molecule has 0 saturated carbocycles. The SMILES string of the molecule is Cc1ccccc1NC(CO)CCO. The molecule has 0 aliphatic rings. The first-order valence-corrected chi connectivity index (χ1v) is 4.81. The molecule has 0 aromatic heterocycles. The first-order valence-electron chi connectivity index (χ1n) is 4.81. The number of hydrogen-bond acceptors (Lipinski definition) is 3. The molecule has 1 atom stereocenters. The molecule has 3 nitrogen and oxygen atoms in total. The molecule has 0 amide bonds. The Bertz CT molecular complexity index is 276. The summed E-state index contributed by atoms with van der Waals surface area (Å²) in [6, 6.07) is 7.83. The zero-order chi connectivity index (χ0) is 10.4. The van der Waals surface area contributed by atoms with Crippen molar-refractivity contribution in [2.24, 2.45) is 0 Å². The Balaban J connectivity index is 2.62. The second-order valence-corrected chi connectivity index (χ2v) is 3.35. The molecule has 14 heavy (non-hydrogen) atoms. The molecule has 1 aromatic carbocycles. The zero-order valence-electron chi connectivity index (χ0n) is 8.40. The molecule has 3 heteroatoms. The van der Waals surface area contributed by atoms with Gasteiger partial charge in [0.2, 0.25) is 0 Å². The second-order valence-electron chi connectivity index (χ2n) is 3.35. The molecular formula is C11H17NO2. The number of hydrogen-bond donors (Lipinski definition) is 3. The maximum absolute atomic E-state index is 9.04. The highest BCUT2D eigenvalue weighted by atomic mass is 16.3. The number of para-hydroxylation sites is 1. The Morgan fingerprint density at radius 2 is 2.00 bits per heavy atom. The summed E-state index contributed by atoms with van der Waals surface area (Å²) >= 11 is 0. The Labute approximate surface area is 84.4 Å². The predicted octanol–water partition coefficient (Wildman–Crippen LogP) is 1.15. The van der Waals surface area contributed by atoms with E-state index in [4.69, 9.17) is 10.2 Å². The Hall–Kier alpha value is -1.06. The number of benzene rings is 1. The number of aryl methyl sites for hydroxylation is 1. The van der Waals surface area contributed by atoms with E-state index in [0.29, 0.717) is 6.42 Å². The third-order valence-corrected chi connectivity index (χ3v) is 2.20. The van der Waals surface area contributed by atoms with Gasteiger partial charge in [-0.3, -0.25) is 0 Å². The van der Waals surface area contributed by atoms with Crippen molar-refractivity contribution < 1.29 is 10.2 Å². The Morgan fingerprint density at radius 3 is 2.57 bits per heavy atom. The van der Waals surface area contributed by atoms with Crippen LogP contribution in [0.3, 0.4) is 0 Å². The molecule has 3 N–H and O–H groups in total. The summed E-state index contributed by atoms with van der Waals surface area (Å²) in [5, 5.41) is 21.0. The predicted molar refractivity (Wildman–Crippen MR) is 57.4 cm³/mol. The van der Waals surface area contributed by atoms with Crippen molar-refractivity contribution in [1.82, 2.24) is 0 Å². The molecule has 0 bridgehead atoms. The van der Waals surface area contributed by atoms with Crippen LogP contribution in [0, 0.1) is 6.92 Å². The van der Waals surface area contributed by atoms with E-state index in [-0.39, 0.29) is 19.3 Å². The van der Waals surface area contributed by atoms with E-state index in [1.165, 1.54) is 0 Å². The number of nitrogens with one attached hydrogen (secondary N) is 1. The number of aliphatic hydroxyl groups is 2. The van der Waals surface area contributed by atoms with Crippen LogP contribution in [0.1, 0.15) is 12.0 Å². The van der Waals surface area contributed by atoms with Crippen molar-refractivity contribution in [2.75, 3.05) is 18.5 Å². The van der Waals surface area contributed by atoms with E-state index in [1.54, 1.807) is 0 Å². The molecule has 1 unspecified atom stereocenters. The van der Waals surface area contributed by atoms with E-state index >= 15 is 0 Å². The number of rotatable bonds is 5. The minimum Gasteiger partial charge on any atom is -0.396 e. The summed E-state index contributed by atoms with van der Waals surface area (Å²) in [5.41, 5.74) is 2.16. The van der Waals surface area contributed by atoms with Crippen LogP contribution in [0.2, 0.25) is 0 Å². The van der Waals surface area contributed by atoms with Gasteiger partial charge in [-0.1, -0.05) is 18.2 Å². The lowest BCUT2D eigenvalue weighted by atomic mass is 10.1. The molecular weight excluding hydrogens is 178 g/mol. The van der Waals surface area contributed by atoms with Crippen molar-refractivity contribution in [2.45, 2.75) is 19.4 Å². The van der Waals surface area contributed by atoms with Gasteiger partial charge in [-0.15, -0.1) is 0 Å². The standard InChI is InChI=1S/C11H17NO2/c1-9-4-2-3-5-11(9)12-10(8-14)6-7-13/h2-5,10,12-14H,6-8H2,1H3. The average molecular weight is 195 g/mol. The number of anilines is 1. The van der Waals surface area contributed by atoms with Crippen LogP contribution >= 0.6 is 0 Å². The van der Waals surface area contributed by atoms with Crippen molar-refractivity contribution in [1.29, 1.82) is 0 Å². The normalized spacial score (nSPS) is 12.5. The Kier molecular flexibility index (Phi) is 4.43. The molecule has 0 spiro atoms. The van der Waals surface area contributed by atoms with Gasteiger partial charge in [-0.2, -0.15) is 0 Å².